The molecule has 4 rings (SSSR count). The number of rotatable bonds is 0. The third-order valence-electron chi connectivity index (χ3n) is 5.39. The zero-order chi connectivity index (χ0) is 13.0. The molecule has 4 aliphatic rings. The molecule has 19 heavy (non-hydrogen) atoms. The quantitative estimate of drug-likeness (QED) is 0.626. The predicted molar refractivity (Wildman–Crippen MR) is 77.1 cm³/mol. The largest absolute Gasteiger partial charge is 0.350 e. The zero-order valence-electron chi connectivity index (χ0n) is 12.4. The Labute approximate surface area is 118 Å². The fourth-order valence-corrected chi connectivity index (χ4v) is 4.12. The molecule has 2 heteroatoms. The third kappa shape index (κ3) is 3.52. The van der Waals surface area contributed by atoms with Crippen LogP contribution in [0.4, 0.5) is 0 Å². The number of ether oxygens (including phenoxy) is 2. The van der Waals surface area contributed by atoms with E-state index in [1.807, 2.05) is 0 Å². The van der Waals surface area contributed by atoms with Crippen LogP contribution in [0.25, 0.3) is 0 Å². The molecule has 3 atom stereocenters. The Morgan fingerprint density at radius 1 is 0.684 bits per heavy atom. The third-order valence-corrected chi connectivity index (χ3v) is 5.39. The van der Waals surface area contributed by atoms with Gasteiger partial charge in [0, 0.05) is 18.8 Å². The first kappa shape index (κ1) is 13.9. The molecule has 4 fully saturated rings. The topological polar surface area (TPSA) is 18.5 Å². The maximum Gasteiger partial charge on any atom is 0.168 e. The molecular weight excluding hydrogens is 236 g/mol. The normalized spacial score (nSPS) is 41.7. The molecule has 1 spiro atoms. The van der Waals surface area contributed by atoms with Gasteiger partial charge in [0.2, 0.25) is 0 Å². The molecule has 0 aromatic rings. The first-order valence-electron chi connectivity index (χ1n) is 8.70. The second-order valence-electron chi connectivity index (χ2n) is 6.90. The summed E-state index contributed by atoms with van der Waals surface area (Å²) in [6, 6.07) is 0. The van der Waals surface area contributed by atoms with Crippen molar-refractivity contribution in [3.05, 3.63) is 0 Å². The van der Waals surface area contributed by atoms with Gasteiger partial charge in [-0.15, -0.1) is 0 Å². The fraction of sp³-hybridized carbons (Fsp3) is 1.00. The van der Waals surface area contributed by atoms with Crippen molar-refractivity contribution in [1.29, 1.82) is 0 Å². The summed E-state index contributed by atoms with van der Waals surface area (Å²) in [7, 11) is 0. The van der Waals surface area contributed by atoms with Crippen LogP contribution in [0, 0.1) is 5.92 Å². The average Bonchev–Trinajstić information content (AvgIpc) is 2.76. The van der Waals surface area contributed by atoms with Gasteiger partial charge < -0.3 is 9.47 Å². The Kier molecular flexibility index (Phi) is 4.81. The van der Waals surface area contributed by atoms with E-state index in [-0.39, 0.29) is 5.79 Å². The molecule has 0 amide bonds. The lowest BCUT2D eigenvalue weighted by molar-refractivity contribution is -0.281. The van der Waals surface area contributed by atoms with Gasteiger partial charge >= 0.3 is 0 Å². The molecule has 110 valence electrons. The van der Waals surface area contributed by atoms with E-state index < -0.39 is 0 Å². The van der Waals surface area contributed by atoms with Gasteiger partial charge in [0.25, 0.3) is 0 Å². The Hall–Kier alpha value is -0.0800. The van der Waals surface area contributed by atoms with Gasteiger partial charge in [-0.25, -0.2) is 0 Å². The summed E-state index contributed by atoms with van der Waals surface area (Å²) in [5.74, 6) is 0.516. The Balaban J connectivity index is 1.57. The molecule has 4 heterocycles. The Morgan fingerprint density at radius 2 is 1.37 bits per heavy atom. The van der Waals surface area contributed by atoms with Gasteiger partial charge in [-0.3, -0.25) is 0 Å². The van der Waals surface area contributed by atoms with Gasteiger partial charge in [0.1, 0.15) is 0 Å². The van der Waals surface area contributed by atoms with Crippen LogP contribution in [-0.2, 0) is 9.47 Å². The smallest absolute Gasteiger partial charge is 0.168 e. The van der Waals surface area contributed by atoms with E-state index in [2.05, 4.69) is 0 Å². The number of hydrogen-bond donors (Lipinski definition) is 0. The van der Waals surface area contributed by atoms with Gasteiger partial charge in [0.05, 0.1) is 12.7 Å². The summed E-state index contributed by atoms with van der Waals surface area (Å²) in [5.41, 5.74) is 0. The van der Waals surface area contributed by atoms with E-state index in [9.17, 15) is 0 Å². The van der Waals surface area contributed by atoms with Crippen molar-refractivity contribution < 1.29 is 9.47 Å². The highest BCUT2D eigenvalue weighted by Gasteiger charge is 2.47. The second-order valence-corrected chi connectivity index (χ2v) is 6.90. The molecular formula is C17H30O2. The van der Waals surface area contributed by atoms with Gasteiger partial charge in [0.15, 0.2) is 5.79 Å². The van der Waals surface area contributed by atoms with Crippen molar-refractivity contribution in [3.8, 4) is 0 Å². The molecule has 0 aromatic heterocycles. The Morgan fingerprint density at radius 3 is 2.16 bits per heavy atom. The van der Waals surface area contributed by atoms with Crippen molar-refractivity contribution >= 4 is 0 Å². The molecule has 4 saturated heterocycles. The van der Waals surface area contributed by atoms with Crippen LogP contribution in [0.3, 0.4) is 0 Å². The molecule has 2 unspecified atom stereocenters. The summed E-state index contributed by atoms with van der Waals surface area (Å²) in [4.78, 5) is 0. The highest BCUT2D eigenvalue weighted by atomic mass is 16.7. The molecule has 4 aliphatic heterocycles. The average molecular weight is 266 g/mol. The van der Waals surface area contributed by atoms with Crippen LogP contribution < -0.4 is 0 Å². The summed E-state index contributed by atoms with van der Waals surface area (Å²) < 4.78 is 12.5. The van der Waals surface area contributed by atoms with Crippen molar-refractivity contribution in [2.24, 2.45) is 5.92 Å². The van der Waals surface area contributed by atoms with Crippen LogP contribution in [0.15, 0.2) is 0 Å². The van der Waals surface area contributed by atoms with Gasteiger partial charge in [-0.2, -0.15) is 0 Å². The van der Waals surface area contributed by atoms with Gasteiger partial charge in [-0.05, 0) is 19.3 Å². The van der Waals surface area contributed by atoms with Crippen molar-refractivity contribution in [3.63, 3.8) is 0 Å². The van der Waals surface area contributed by atoms with E-state index in [4.69, 9.17) is 9.47 Å². The van der Waals surface area contributed by atoms with Gasteiger partial charge in [-0.1, -0.05) is 51.4 Å². The van der Waals surface area contributed by atoms with E-state index in [1.54, 1.807) is 0 Å². The van der Waals surface area contributed by atoms with Crippen LogP contribution in [0.5, 0.6) is 0 Å². The highest BCUT2D eigenvalue weighted by Crippen LogP contribution is 2.44. The van der Waals surface area contributed by atoms with E-state index in [0.717, 1.165) is 19.4 Å². The van der Waals surface area contributed by atoms with Crippen molar-refractivity contribution in [1.82, 2.24) is 0 Å². The standard InChI is InChI=1S/C17H30O2/c1-2-4-6-8-10-15-14-18-17(12-9-7-5-3-1)13-11-16(15)19-17/h15-16H,1-14H2/t15?,16-,17?/m1/s1. The maximum absolute atomic E-state index is 6.30. The lowest BCUT2D eigenvalue weighted by Crippen LogP contribution is -2.42. The van der Waals surface area contributed by atoms with Crippen molar-refractivity contribution in [2.75, 3.05) is 6.61 Å². The maximum atomic E-state index is 6.30. The summed E-state index contributed by atoms with van der Waals surface area (Å²) >= 11 is 0. The first-order valence-corrected chi connectivity index (χ1v) is 8.70. The summed E-state index contributed by atoms with van der Waals surface area (Å²) in [5, 5.41) is 0. The molecule has 0 saturated carbocycles. The minimum atomic E-state index is -0.165. The monoisotopic (exact) mass is 266 g/mol. The minimum absolute atomic E-state index is 0.165. The van der Waals surface area contributed by atoms with Crippen LogP contribution in [-0.4, -0.2) is 18.5 Å². The van der Waals surface area contributed by atoms with Crippen LogP contribution in [0.1, 0.15) is 83.5 Å². The molecule has 3 bridgehead atoms. The fourth-order valence-electron chi connectivity index (χ4n) is 4.12. The van der Waals surface area contributed by atoms with Crippen molar-refractivity contribution in [2.45, 2.75) is 95.4 Å². The molecule has 0 aromatic carbocycles. The first-order chi connectivity index (χ1) is 9.38. The van der Waals surface area contributed by atoms with E-state index >= 15 is 0 Å². The highest BCUT2D eigenvalue weighted by molar-refractivity contribution is 4.89. The Bertz CT molecular complexity index is 274. The lowest BCUT2D eigenvalue weighted by Gasteiger charge is -2.38. The summed E-state index contributed by atoms with van der Waals surface area (Å²) in [6.45, 7) is 0.963. The lowest BCUT2D eigenvalue weighted by atomic mass is 9.94. The van der Waals surface area contributed by atoms with Crippen LogP contribution >= 0.6 is 0 Å². The van der Waals surface area contributed by atoms with Crippen LogP contribution in [0.2, 0.25) is 0 Å². The van der Waals surface area contributed by atoms with E-state index in [1.165, 1.54) is 70.6 Å². The second kappa shape index (κ2) is 6.58. The minimum Gasteiger partial charge on any atom is -0.350 e. The molecule has 0 N–H and O–H groups in total. The SMILES string of the molecule is C1CCCCCC2COC3(CCCCC1)CC[C@H]2O3. The zero-order valence-corrected chi connectivity index (χ0v) is 12.4. The summed E-state index contributed by atoms with van der Waals surface area (Å²) in [6.07, 6.45) is 18.0. The molecule has 2 nitrogen and oxygen atoms in total. The molecule has 0 aliphatic carbocycles. The number of fused-ring (bicyclic) bond motifs is 11. The molecule has 0 radical (unpaired) electrons. The predicted octanol–water partition coefficient (Wildman–Crippen LogP) is 4.81. The van der Waals surface area contributed by atoms with E-state index in [0.29, 0.717) is 12.0 Å². The number of hydrogen-bond acceptors (Lipinski definition) is 2.